The first-order chi connectivity index (χ1) is 14.8. The van der Waals surface area contributed by atoms with E-state index in [2.05, 4.69) is 35.6 Å². The van der Waals surface area contributed by atoms with Crippen LogP contribution in [0.2, 0.25) is 0 Å². The molecule has 0 fully saturated rings. The fourth-order valence-electron chi connectivity index (χ4n) is 2.93. The lowest BCUT2D eigenvalue weighted by Crippen LogP contribution is -2.09. The Morgan fingerprint density at radius 1 is 1.06 bits per heavy atom. The fourth-order valence-corrected chi connectivity index (χ4v) is 2.93. The number of carbonyl (C=O) groups excluding carboxylic acids is 1. The summed E-state index contributed by atoms with van der Waals surface area (Å²) in [5, 5.41) is 5.90. The summed E-state index contributed by atoms with van der Waals surface area (Å²) in [6.45, 7) is 0. The van der Waals surface area contributed by atoms with Gasteiger partial charge in [0, 0.05) is 13.2 Å². The molecule has 4 aromatic rings. The van der Waals surface area contributed by atoms with Crippen molar-refractivity contribution in [1.82, 2.24) is 24.9 Å². The second-order valence-electron chi connectivity index (χ2n) is 6.32. The van der Waals surface area contributed by atoms with Crippen LogP contribution in [0.15, 0.2) is 43.0 Å². The van der Waals surface area contributed by atoms with Gasteiger partial charge in [-0.15, -0.1) is 0 Å². The van der Waals surface area contributed by atoms with E-state index in [1.165, 1.54) is 24.7 Å². The molecule has 0 radical (unpaired) electrons. The maximum atomic E-state index is 14.6. The summed E-state index contributed by atoms with van der Waals surface area (Å²) in [6.07, 6.45) is -0.891. The van der Waals surface area contributed by atoms with Gasteiger partial charge in [0.05, 0.1) is 28.4 Å². The van der Waals surface area contributed by atoms with Crippen LogP contribution >= 0.6 is 0 Å². The molecule has 0 bridgehead atoms. The highest BCUT2D eigenvalue weighted by atomic mass is 19.4. The minimum atomic E-state index is -4.56. The van der Waals surface area contributed by atoms with Gasteiger partial charge in [0.25, 0.3) is 0 Å². The van der Waals surface area contributed by atoms with E-state index in [4.69, 9.17) is 0 Å². The van der Waals surface area contributed by atoms with E-state index in [0.717, 1.165) is 18.3 Å². The number of ketones is 1. The second kappa shape index (κ2) is 7.63. The molecule has 0 atom stereocenters. The monoisotopic (exact) mass is 431 g/mol. The molecular weight excluding hydrogens is 418 g/mol. The van der Waals surface area contributed by atoms with Crippen LogP contribution in [0.25, 0.3) is 11.0 Å². The molecule has 0 aromatic carbocycles. The van der Waals surface area contributed by atoms with Crippen molar-refractivity contribution in [3.05, 3.63) is 65.8 Å². The Hall–Kier alpha value is -4.09. The number of nitrogens with one attached hydrogen (secondary N) is 3. The number of carbonyl (C=O) groups is 1. The Bertz CT molecular complexity index is 1270. The summed E-state index contributed by atoms with van der Waals surface area (Å²) in [5.74, 6) is -1.29. The number of anilines is 3. The van der Waals surface area contributed by atoms with Crippen molar-refractivity contribution < 1.29 is 22.4 Å². The third kappa shape index (κ3) is 3.86. The maximum absolute atomic E-state index is 14.6. The van der Waals surface area contributed by atoms with Gasteiger partial charge in [0.15, 0.2) is 5.78 Å². The SMILES string of the molecule is CNc1ncnc2[nH]cc(C(=O)c3ccc(Nc4ccc(C(F)(F)F)nc4)nc3F)c12. The van der Waals surface area contributed by atoms with Crippen molar-refractivity contribution in [2.45, 2.75) is 6.18 Å². The molecule has 4 heterocycles. The van der Waals surface area contributed by atoms with Crippen LogP contribution in [0, 0.1) is 5.95 Å². The number of nitrogens with zero attached hydrogens (tertiary/aromatic N) is 4. The summed E-state index contributed by atoms with van der Waals surface area (Å²) in [7, 11) is 1.63. The smallest absolute Gasteiger partial charge is 0.372 e. The van der Waals surface area contributed by atoms with Crippen LogP contribution in [-0.4, -0.2) is 37.8 Å². The fraction of sp³-hybridized carbons (Fsp3) is 0.105. The molecule has 12 heteroatoms. The predicted octanol–water partition coefficient (Wildman–Crippen LogP) is 3.92. The van der Waals surface area contributed by atoms with Gasteiger partial charge in [0.1, 0.15) is 29.3 Å². The average Bonchev–Trinajstić information content (AvgIpc) is 3.17. The molecule has 0 aliphatic carbocycles. The van der Waals surface area contributed by atoms with Gasteiger partial charge in [-0.3, -0.25) is 4.79 Å². The molecule has 4 aromatic heterocycles. The van der Waals surface area contributed by atoms with Crippen molar-refractivity contribution in [2.24, 2.45) is 0 Å². The second-order valence-corrected chi connectivity index (χ2v) is 6.32. The van der Waals surface area contributed by atoms with Crippen molar-refractivity contribution in [1.29, 1.82) is 0 Å². The summed E-state index contributed by atoms with van der Waals surface area (Å²) >= 11 is 0. The zero-order valence-electron chi connectivity index (χ0n) is 15.8. The van der Waals surface area contributed by atoms with Crippen LogP contribution in [0.3, 0.4) is 0 Å². The summed E-state index contributed by atoms with van der Waals surface area (Å²) in [6, 6.07) is 4.49. The molecule has 0 saturated heterocycles. The zero-order chi connectivity index (χ0) is 22.2. The first kappa shape index (κ1) is 20.2. The first-order valence-electron chi connectivity index (χ1n) is 8.79. The molecule has 158 valence electrons. The van der Waals surface area contributed by atoms with Crippen LogP contribution < -0.4 is 10.6 Å². The Labute approximate surface area is 171 Å². The number of fused-ring (bicyclic) bond motifs is 1. The molecule has 0 saturated carbocycles. The lowest BCUT2D eigenvalue weighted by Gasteiger charge is -2.09. The van der Waals surface area contributed by atoms with E-state index in [1.54, 1.807) is 7.05 Å². The quantitative estimate of drug-likeness (QED) is 0.250. The van der Waals surface area contributed by atoms with Gasteiger partial charge in [0.2, 0.25) is 5.95 Å². The van der Waals surface area contributed by atoms with E-state index in [0.29, 0.717) is 16.9 Å². The third-order valence-corrected chi connectivity index (χ3v) is 4.37. The average molecular weight is 431 g/mol. The molecule has 0 amide bonds. The van der Waals surface area contributed by atoms with Crippen molar-refractivity contribution >= 4 is 34.1 Å². The van der Waals surface area contributed by atoms with E-state index >= 15 is 0 Å². The number of halogens is 4. The van der Waals surface area contributed by atoms with E-state index in [-0.39, 0.29) is 22.6 Å². The van der Waals surface area contributed by atoms with Crippen LogP contribution in [-0.2, 0) is 6.18 Å². The molecule has 0 spiro atoms. The van der Waals surface area contributed by atoms with Gasteiger partial charge in [-0.2, -0.15) is 17.6 Å². The summed E-state index contributed by atoms with van der Waals surface area (Å²) in [4.78, 5) is 30.8. The molecule has 0 aliphatic rings. The van der Waals surface area contributed by atoms with Crippen molar-refractivity contribution in [3.8, 4) is 0 Å². The van der Waals surface area contributed by atoms with Gasteiger partial charge >= 0.3 is 6.18 Å². The number of hydrogen-bond donors (Lipinski definition) is 3. The largest absolute Gasteiger partial charge is 0.433 e. The van der Waals surface area contributed by atoms with Crippen LogP contribution in [0.5, 0.6) is 0 Å². The van der Waals surface area contributed by atoms with E-state index in [9.17, 15) is 22.4 Å². The van der Waals surface area contributed by atoms with Gasteiger partial charge in [-0.05, 0) is 24.3 Å². The standard InChI is InChI=1S/C19H13F4N7O/c1-24-17-14-11(7-26-18(14)28-8-27-17)15(31)10-3-5-13(30-16(10)20)29-9-2-4-12(25-6-9)19(21,22)23/h2-8H,1H3,(H,29,30)(H2,24,26,27,28). The van der Waals surface area contributed by atoms with Crippen LogP contribution in [0.4, 0.5) is 34.9 Å². The Kier molecular flexibility index (Phi) is 4.97. The number of aromatic nitrogens is 5. The Balaban J connectivity index is 1.60. The highest BCUT2D eigenvalue weighted by Crippen LogP contribution is 2.29. The number of alkyl halides is 3. The minimum absolute atomic E-state index is 0.00576. The van der Waals surface area contributed by atoms with E-state index < -0.39 is 23.6 Å². The highest BCUT2D eigenvalue weighted by Gasteiger charge is 2.32. The molecule has 3 N–H and O–H groups in total. The molecule has 4 rings (SSSR count). The number of H-pyrrole nitrogens is 1. The lowest BCUT2D eigenvalue weighted by molar-refractivity contribution is -0.141. The summed E-state index contributed by atoms with van der Waals surface area (Å²) < 4.78 is 52.4. The maximum Gasteiger partial charge on any atom is 0.433 e. The molecule has 31 heavy (non-hydrogen) atoms. The van der Waals surface area contributed by atoms with Crippen molar-refractivity contribution in [2.75, 3.05) is 17.7 Å². The summed E-state index contributed by atoms with van der Waals surface area (Å²) in [5.41, 5.74) is -0.603. The zero-order valence-corrected chi connectivity index (χ0v) is 15.8. The molecule has 8 nitrogen and oxygen atoms in total. The van der Waals surface area contributed by atoms with E-state index in [1.807, 2.05) is 0 Å². The molecule has 0 unspecified atom stereocenters. The Morgan fingerprint density at radius 3 is 2.52 bits per heavy atom. The number of aromatic amines is 1. The van der Waals surface area contributed by atoms with Crippen LogP contribution in [0.1, 0.15) is 21.6 Å². The molecular formula is C19H13F4N7O. The molecule has 0 aliphatic heterocycles. The minimum Gasteiger partial charge on any atom is -0.372 e. The van der Waals surface area contributed by atoms with Gasteiger partial charge in [-0.1, -0.05) is 0 Å². The van der Waals surface area contributed by atoms with Gasteiger partial charge in [-0.25, -0.2) is 19.9 Å². The highest BCUT2D eigenvalue weighted by molar-refractivity contribution is 6.18. The number of rotatable bonds is 5. The predicted molar refractivity (Wildman–Crippen MR) is 104 cm³/mol. The normalized spacial score (nSPS) is 11.5. The Morgan fingerprint density at radius 2 is 1.87 bits per heavy atom. The van der Waals surface area contributed by atoms with Gasteiger partial charge < -0.3 is 15.6 Å². The number of pyridine rings is 2. The first-order valence-corrected chi connectivity index (χ1v) is 8.79. The number of hydrogen-bond acceptors (Lipinski definition) is 7. The van der Waals surface area contributed by atoms with Crippen molar-refractivity contribution in [3.63, 3.8) is 0 Å². The lowest BCUT2D eigenvalue weighted by atomic mass is 10.0. The topological polar surface area (TPSA) is 108 Å². The third-order valence-electron chi connectivity index (χ3n) is 4.37.